The van der Waals surface area contributed by atoms with Crippen molar-refractivity contribution in [2.24, 2.45) is 0 Å². The molecule has 0 radical (unpaired) electrons. The minimum Gasteiger partial charge on any atom is -0.494 e. The van der Waals surface area contributed by atoms with E-state index in [1.807, 2.05) is 31.2 Å². The van der Waals surface area contributed by atoms with E-state index in [1.54, 1.807) is 0 Å². The Balaban J connectivity index is 1.86. The van der Waals surface area contributed by atoms with Crippen molar-refractivity contribution in [3.63, 3.8) is 0 Å². The standard InChI is InChI=1S/C14H18N2O3/c1-2-19-11-5-3-4-10(8-11)9-15-14(18)12-6-7-13(17)16-12/h3-5,8,12H,2,6-7,9H2,1H3,(H,15,18)(H,16,17). The van der Waals surface area contributed by atoms with Crippen molar-refractivity contribution in [1.29, 1.82) is 0 Å². The van der Waals surface area contributed by atoms with Crippen LogP contribution >= 0.6 is 0 Å². The van der Waals surface area contributed by atoms with Gasteiger partial charge in [-0.05, 0) is 31.0 Å². The van der Waals surface area contributed by atoms with Crippen molar-refractivity contribution >= 4 is 11.8 Å². The zero-order valence-electron chi connectivity index (χ0n) is 10.9. The number of nitrogens with one attached hydrogen (secondary N) is 2. The van der Waals surface area contributed by atoms with Gasteiger partial charge in [-0.1, -0.05) is 12.1 Å². The van der Waals surface area contributed by atoms with Crippen LogP contribution in [-0.2, 0) is 16.1 Å². The van der Waals surface area contributed by atoms with Crippen molar-refractivity contribution in [1.82, 2.24) is 10.6 Å². The molecular weight excluding hydrogens is 244 g/mol. The van der Waals surface area contributed by atoms with E-state index in [0.717, 1.165) is 11.3 Å². The van der Waals surface area contributed by atoms with Crippen molar-refractivity contribution in [3.05, 3.63) is 29.8 Å². The van der Waals surface area contributed by atoms with E-state index in [4.69, 9.17) is 4.74 Å². The van der Waals surface area contributed by atoms with Crippen LogP contribution in [0.15, 0.2) is 24.3 Å². The SMILES string of the molecule is CCOc1cccc(CNC(=O)C2CCC(=O)N2)c1. The van der Waals surface area contributed by atoms with Gasteiger partial charge in [0.1, 0.15) is 11.8 Å². The summed E-state index contributed by atoms with van der Waals surface area (Å²) >= 11 is 0. The quantitative estimate of drug-likeness (QED) is 0.831. The highest BCUT2D eigenvalue weighted by Crippen LogP contribution is 2.13. The number of rotatable bonds is 5. The van der Waals surface area contributed by atoms with E-state index in [-0.39, 0.29) is 17.9 Å². The number of hydrogen-bond acceptors (Lipinski definition) is 3. The molecule has 2 N–H and O–H groups in total. The lowest BCUT2D eigenvalue weighted by Crippen LogP contribution is -2.41. The molecule has 1 fully saturated rings. The molecule has 1 heterocycles. The minimum atomic E-state index is -0.387. The van der Waals surface area contributed by atoms with Gasteiger partial charge in [-0.25, -0.2) is 0 Å². The van der Waals surface area contributed by atoms with E-state index in [0.29, 0.717) is 26.0 Å². The van der Waals surface area contributed by atoms with Crippen LogP contribution in [0.1, 0.15) is 25.3 Å². The Kier molecular flexibility index (Phi) is 4.39. The largest absolute Gasteiger partial charge is 0.494 e. The topological polar surface area (TPSA) is 67.4 Å². The molecule has 1 atom stereocenters. The minimum absolute atomic E-state index is 0.0570. The smallest absolute Gasteiger partial charge is 0.242 e. The molecule has 2 amide bonds. The van der Waals surface area contributed by atoms with Crippen molar-refractivity contribution in [3.8, 4) is 5.75 Å². The molecule has 0 bridgehead atoms. The maximum atomic E-state index is 11.8. The Labute approximate surface area is 112 Å². The Bertz CT molecular complexity index is 474. The van der Waals surface area contributed by atoms with Crippen LogP contribution in [0.5, 0.6) is 5.75 Å². The molecule has 1 aromatic carbocycles. The second kappa shape index (κ2) is 6.22. The summed E-state index contributed by atoms with van der Waals surface area (Å²) in [4.78, 5) is 22.9. The molecule has 1 unspecified atom stereocenters. The molecule has 5 nitrogen and oxygen atoms in total. The monoisotopic (exact) mass is 262 g/mol. The third-order valence-electron chi connectivity index (χ3n) is 2.99. The molecule has 1 aromatic rings. The van der Waals surface area contributed by atoms with E-state index in [1.165, 1.54) is 0 Å². The Morgan fingerprint density at radius 3 is 3.05 bits per heavy atom. The van der Waals surface area contributed by atoms with Gasteiger partial charge in [0.15, 0.2) is 0 Å². The summed E-state index contributed by atoms with van der Waals surface area (Å²) in [6.07, 6.45) is 1.00. The number of amides is 2. The molecule has 0 spiro atoms. The molecule has 5 heteroatoms. The van der Waals surface area contributed by atoms with Crippen LogP contribution in [0.3, 0.4) is 0 Å². The lowest BCUT2D eigenvalue weighted by molar-refractivity contribution is -0.125. The zero-order valence-corrected chi connectivity index (χ0v) is 10.9. The van der Waals surface area contributed by atoms with Gasteiger partial charge in [-0.2, -0.15) is 0 Å². The predicted octanol–water partition coefficient (Wildman–Crippen LogP) is 0.980. The maximum Gasteiger partial charge on any atom is 0.242 e. The number of carbonyl (C=O) groups excluding carboxylic acids is 2. The van der Waals surface area contributed by atoms with Gasteiger partial charge in [-0.15, -0.1) is 0 Å². The van der Waals surface area contributed by atoms with Crippen molar-refractivity contribution in [2.45, 2.75) is 32.4 Å². The second-order valence-electron chi connectivity index (χ2n) is 4.46. The fraction of sp³-hybridized carbons (Fsp3) is 0.429. The number of carbonyl (C=O) groups is 2. The summed E-state index contributed by atoms with van der Waals surface area (Å²) in [6.45, 7) is 2.98. The van der Waals surface area contributed by atoms with Gasteiger partial charge in [0, 0.05) is 13.0 Å². The van der Waals surface area contributed by atoms with Crippen LogP contribution < -0.4 is 15.4 Å². The zero-order chi connectivity index (χ0) is 13.7. The van der Waals surface area contributed by atoms with Gasteiger partial charge >= 0.3 is 0 Å². The molecule has 1 aliphatic heterocycles. The molecule has 102 valence electrons. The molecule has 0 aliphatic carbocycles. The number of hydrogen-bond donors (Lipinski definition) is 2. The summed E-state index contributed by atoms with van der Waals surface area (Å²) in [7, 11) is 0. The normalized spacial score (nSPS) is 17.9. The average molecular weight is 262 g/mol. The van der Waals surface area contributed by atoms with E-state index < -0.39 is 0 Å². The van der Waals surface area contributed by atoms with E-state index in [9.17, 15) is 9.59 Å². The highest BCUT2D eigenvalue weighted by atomic mass is 16.5. The maximum absolute atomic E-state index is 11.8. The molecule has 2 rings (SSSR count). The van der Waals surface area contributed by atoms with Crippen molar-refractivity contribution in [2.75, 3.05) is 6.61 Å². The summed E-state index contributed by atoms with van der Waals surface area (Å²) in [5.74, 6) is 0.606. The third-order valence-corrected chi connectivity index (χ3v) is 2.99. The van der Waals surface area contributed by atoms with Crippen LogP contribution in [0.4, 0.5) is 0 Å². The van der Waals surface area contributed by atoms with Crippen LogP contribution in [0, 0.1) is 0 Å². The van der Waals surface area contributed by atoms with Gasteiger partial charge in [-0.3, -0.25) is 9.59 Å². The summed E-state index contributed by atoms with van der Waals surface area (Å²) in [5.41, 5.74) is 0.976. The van der Waals surface area contributed by atoms with Crippen LogP contribution in [0.25, 0.3) is 0 Å². The van der Waals surface area contributed by atoms with Gasteiger partial charge < -0.3 is 15.4 Å². The first-order valence-corrected chi connectivity index (χ1v) is 6.48. The molecule has 0 aromatic heterocycles. The van der Waals surface area contributed by atoms with Crippen LogP contribution in [-0.4, -0.2) is 24.5 Å². The Hall–Kier alpha value is -2.04. The lowest BCUT2D eigenvalue weighted by atomic mass is 10.2. The van der Waals surface area contributed by atoms with Gasteiger partial charge in [0.2, 0.25) is 11.8 Å². The van der Waals surface area contributed by atoms with Crippen molar-refractivity contribution < 1.29 is 14.3 Å². The van der Waals surface area contributed by atoms with Gasteiger partial charge in [0.05, 0.1) is 6.61 Å². The molecule has 1 saturated heterocycles. The summed E-state index contributed by atoms with van der Waals surface area (Å²) in [5, 5.41) is 5.47. The average Bonchev–Trinajstić information content (AvgIpc) is 2.84. The lowest BCUT2D eigenvalue weighted by Gasteiger charge is -2.11. The second-order valence-corrected chi connectivity index (χ2v) is 4.46. The fourth-order valence-corrected chi connectivity index (χ4v) is 2.04. The first kappa shape index (κ1) is 13.4. The highest BCUT2D eigenvalue weighted by Gasteiger charge is 2.26. The van der Waals surface area contributed by atoms with Crippen LogP contribution in [0.2, 0.25) is 0 Å². The molecule has 0 saturated carbocycles. The fourth-order valence-electron chi connectivity index (χ4n) is 2.04. The first-order valence-electron chi connectivity index (χ1n) is 6.48. The Morgan fingerprint density at radius 2 is 2.37 bits per heavy atom. The summed E-state index contributed by atoms with van der Waals surface area (Å²) < 4.78 is 5.40. The highest BCUT2D eigenvalue weighted by molar-refractivity contribution is 5.90. The van der Waals surface area contributed by atoms with E-state index in [2.05, 4.69) is 10.6 Å². The third kappa shape index (κ3) is 3.71. The van der Waals surface area contributed by atoms with E-state index >= 15 is 0 Å². The molecule has 1 aliphatic rings. The molecular formula is C14H18N2O3. The summed E-state index contributed by atoms with van der Waals surface area (Å²) in [6, 6.07) is 7.21. The predicted molar refractivity (Wildman–Crippen MR) is 70.6 cm³/mol. The molecule has 19 heavy (non-hydrogen) atoms. The number of ether oxygens (including phenoxy) is 1. The first-order chi connectivity index (χ1) is 9.19. The Morgan fingerprint density at radius 1 is 1.53 bits per heavy atom. The van der Waals surface area contributed by atoms with Gasteiger partial charge in [0.25, 0.3) is 0 Å². The number of benzene rings is 1.